The Morgan fingerprint density at radius 3 is 2.71 bits per heavy atom. The molecular weight excluding hydrogens is 182 g/mol. The Labute approximate surface area is 83.7 Å². The van der Waals surface area contributed by atoms with Crippen molar-refractivity contribution in [3.05, 3.63) is 12.8 Å². The van der Waals surface area contributed by atoms with Crippen molar-refractivity contribution in [1.82, 2.24) is 9.80 Å². The van der Waals surface area contributed by atoms with Gasteiger partial charge in [0.2, 0.25) is 6.34 Å². The molecule has 5 nitrogen and oxygen atoms in total. The highest BCUT2D eigenvalue weighted by Gasteiger charge is 2.24. The standard InChI is InChI=1S/C9H15N3O2/c1-3-11(8-10-2)9(13)12-4-6-14-7-5-12/h3,8H,1,4-7H2,2H3/p+1. The van der Waals surface area contributed by atoms with Gasteiger partial charge in [-0.3, -0.25) is 9.89 Å². The van der Waals surface area contributed by atoms with Gasteiger partial charge in [0.05, 0.1) is 26.5 Å². The molecule has 0 aromatic carbocycles. The molecule has 0 saturated carbocycles. The van der Waals surface area contributed by atoms with Crippen LogP contribution in [0.15, 0.2) is 12.8 Å². The molecule has 0 aromatic heterocycles. The summed E-state index contributed by atoms with van der Waals surface area (Å²) < 4.78 is 5.16. The van der Waals surface area contributed by atoms with Crippen molar-refractivity contribution in [2.24, 2.45) is 0 Å². The Bertz CT molecular complexity index is 234. The van der Waals surface area contributed by atoms with Crippen LogP contribution in [-0.4, -0.2) is 55.5 Å². The van der Waals surface area contributed by atoms with Crippen molar-refractivity contribution in [2.75, 3.05) is 33.4 Å². The predicted molar refractivity (Wildman–Crippen MR) is 52.8 cm³/mol. The van der Waals surface area contributed by atoms with E-state index in [2.05, 4.69) is 11.6 Å². The van der Waals surface area contributed by atoms with Crippen molar-refractivity contribution in [2.45, 2.75) is 0 Å². The number of ether oxygens (including phenoxy) is 1. The molecule has 1 saturated heterocycles. The van der Waals surface area contributed by atoms with E-state index in [1.165, 1.54) is 11.1 Å². The third-order valence-electron chi connectivity index (χ3n) is 1.97. The second-order valence-corrected chi connectivity index (χ2v) is 2.89. The molecule has 0 unspecified atom stereocenters. The van der Waals surface area contributed by atoms with E-state index in [1.54, 1.807) is 18.3 Å². The molecule has 0 radical (unpaired) electrons. The monoisotopic (exact) mass is 198 g/mol. The van der Waals surface area contributed by atoms with Crippen LogP contribution in [0.3, 0.4) is 0 Å². The molecular formula is C9H16N3O2+. The van der Waals surface area contributed by atoms with Gasteiger partial charge < -0.3 is 4.74 Å². The number of morpholine rings is 1. The molecule has 1 heterocycles. The minimum atomic E-state index is -0.0716. The van der Waals surface area contributed by atoms with Crippen LogP contribution in [0.5, 0.6) is 0 Å². The fourth-order valence-corrected chi connectivity index (χ4v) is 1.24. The third-order valence-corrected chi connectivity index (χ3v) is 1.97. The summed E-state index contributed by atoms with van der Waals surface area (Å²) >= 11 is 0. The molecule has 1 fully saturated rings. The number of hydrogen-bond donors (Lipinski definition) is 1. The first-order chi connectivity index (χ1) is 6.79. The number of carbonyl (C=O) groups excluding carboxylic acids is 1. The Morgan fingerprint density at radius 2 is 2.21 bits per heavy atom. The summed E-state index contributed by atoms with van der Waals surface area (Å²) in [5.41, 5.74) is 0. The fraction of sp³-hybridized carbons (Fsp3) is 0.556. The van der Waals surface area contributed by atoms with Crippen molar-refractivity contribution in [1.29, 1.82) is 0 Å². The van der Waals surface area contributed by atoms with Crippen LogP contribution in [0.25, 0.3) is 0 Å². The highest BCUT2D eigenvalue weighted by molar-refractivity contribution is 5.86. The number of urea groups is 1. The maximum Gasteiger partial charge on any atom is 0.415 e. The van der Waals surface area contributed by atoms with Crippen LogP contribution in [0.4, 0.5) is 4.79 Å². The molecule has 2 amide bonds. The molecule has 0 spiro atoms. The Balaban J connectivity index is 2.56. The first kappa shape index (κ1) is 10.7. The largest absolute Gasteiger partial charge is 0.415 e. The van der Waals surface area contributed by atoms with Crippen molar-refractivity contribution in [3.8, 4) is 0 Å². The first-order valence-corrected chi connectivity index (χ1v) is 4.57. The highest BCUT2D eigenvalue weighted by atomic mass is 16.5. The van der Waals surface area contributed by atoms with Gasteiger partial charge in [0, 0.05) is 13.1 Å². The van der Waals surface area contributed by atoms with E-state index in [4.69, 9.17) is 4.74 Å². The summed E-state index contributed by atoms with van der Waals surface area (Å²) in [4.78, 5) is 17.7. The van der Waals surface area contributed by atoms with Crippen molar-refractivity contribution in [3.63, 3.8) is 0 Å². The number of nitrogens with zero attached hydrogens (tertiary/aromatic N) is 2. The smallest absolute Gasteiger partial charge is 0.378 e. The lowest BCUT2D eigenvalue weighted by Crippen LogP contribution is -2.67. The number of nitrogens with one attached hydrogen (secondary N) is 1. The molecule has 0 bridgehead atoms. The van der Waals surface area contributed by atoms with Gasteiger partial charge in [-0.05, 0) is 0 Å². The van der Waals surface area contributed by atoms with Crippen molar-refractivity contribution < 1.29 is 14.5 Å². The minimum absolute atomic E-state index is 0.0716. The molecule has 1 aliphatic heterocycles. The second-order valence-electron chi connectivity index (χ2n) is 2.89. The second kappa shape index (κ2) is 5.39. The van der Waals surface area contributed by atoms with E-state index in [9.17, 15) is 4.79 Å². The number of hydrogen-bond acceptors (Lipinski definition) is 2. The number of amides is 2. The SMILES string of the molecule is C=CN(C=[NH+]C)C(=O)N1CCOCC1. The lowest BCUT2D eigenvalue weighted by molar-refractivity contribution is -0.418. The third kappa shape index (κ3) is 2.56. The van der Waals surface area contributed by atoms with Crippen LogP contribution in [-0.2, 0) is 4.74 Å². The minimum Gasteiger partial charge on any atom is -0.378 e. The van der Waals surface area contributed by atoms with Gasteiger partial charge >= 0.3 is 6.03 Å². The van der Waals surface area contributed by atoms with Gasteiger partial charge in [0.25, 0.3) is 0 Å². The number of carbonyl (C=O) groups is 1. The number of rotatable bonds is 2. The van der Waals surface area contributed by atoms with E-state index in [0.29, 0.717) is 26.3 Å². The zero-order valence-electron chi connectivity index (χ0n) is 8.40. The van der Waals surface area contributed by atoms with Gasteiger partial charge in [-0.1, -0.05) is 6.58 Å². The van der Waals surface area contributed by atoms with Gasteiger partial charge in [0.15, 0.2) is 0 Å². The maximum absolute atomic E-state index is 11.8. The summed E-state index contributed by atoms with van der Waals surface area (Å²) in [6.07, 6.45) is 3.05. The van der Waals surface area contributed by atoms with E-state index >= 15 is 0 Å². The van der Waals surface area contributed by atoms with Gasteiger partial charge in [-0.15, -0.1) is 0 Å². The fourth-order valence-electron chi connectivity index (χ4n) is 1.24. The zero-order valence-corrected chi connectivity index (χ0v) is 8.40. The van der Waals surface area contributed by atoms with Crippen LogP contribution in [0, 0.1) is 0 Å². The first-order valence-electron chi connectivity index (χ1n) is 4.57. The van der Waals surface area contributed by atoms with Gasteiger partial charge in [-0.25, -0.2) is 4.79 Å². The van der Waals surface area contributed by atoms with Crippen LogP contribution < -0.4 is 4.99 Å². The average Bonchev–Trinajstić information content (AvgIpc) is 2.26. The van der Waals surface area contributed by atoms with E-state index < -0.39 is 0 Å². The average molecular weight is 198 g/mol. The van der Waals surface area contributed by atoms with Crippen LogP contribution in [0.2, 0.25) is 0 Å². The van der Waals surface area contributed by atoms with Gasteiger partial charge in [0.1, 0.15) is 0 Å². The van der Waals surface area contributed by atoms with Crippen molar-refractivity contribution >= 4 is 12.4 Å². The molecule has 5 heteroatoms. The van der Waals surface area contributed by atoms with Gasteiger partial charge in [-0.2, -0.15) is 4.90 Å². The summed E-state index contributed by atoms with van der Waals surface area (Å²) in [5, 5.41) is 0. The summed E-state index contributed by atoms with van der Waals surface area (Å²) in [6, 6.07) is -0.0716. The zero-order chi connectivity index (χ0) is 10.4. The molecule has 0 aromatic rings. The predicted octanol–water partition coefficient (Wildman–Crippen LogP) is -1.38. The quantitative estimate of drug-likeness (QED) is 0.439. The van der Waals surface area contributed by atoms with E-state index in [1.807, 2.05) is 0 Å². The normalized spacial score (nSPS) is 17.1. The lowest BCUT2D eigenvalue weighted by Gasteiger charge is -2.26. The molecule has 0 aliphatic carbocycles. The molecule has 1 N–H and O–H groups in total. The van der Waals surface area contributed by atoms with Crippen LogP contribution in [0.1, 0.15) is 0 Å². The van der Waals surface area contributed by atoms with Crippen LogP contribution >= 0.6 is 0 Å². The van der Waals surface area contributed by atoms with E-state index in [-0.39, 0.29) is 6.03 Å². The maximum atomic E-state index is 11.8. The molecule has 14 heavy (non-hydrogen) atoms. The topological polar surface area (TPSA) is 46.8 Å². The Kier molecular flexibility index (Phi) is 4.12. The summed E-state index contributed by atoms with van der Waals surface area (Å²) in [6.45, 7) is 6.07. The molecule has 1 aliphatic rings. The lowest BCUT2D eigenvalue weighted by atomic mass is 10.4. The highest BCUT2D eigenvalue weighted by Crippen LogP contribution is 2.01. The summed E-state index contributed by atoms with van der Waals surface area (Å²) in [5.74, 6) is 0. The Hall–Kier alpha value is -1.36. The molecule has 1 rings (SSSR count). The Morgan fingerprint density at radius 1 is 1.57 bits per heavy atom. The van der Waals surface area contributed by atoms with E-state index in [0.717, 1.165) is 0 Å². The molecule has 0 atom stereocenters. The summed E-state index contributed by atoms with van der Waals surface area (Å²) in [7, 11) is 1.74. The molecule has 78 valence electrons.